The molecule has 0 aliphatic heterocycles. The van der Waals surface area contributed by atoms with Gasteiger partial charge >= 0.3 is 0 Å². The molecule has 1 N–H and O–H groups in total. The van der Waals surface area contributed by atoms with Crippen molar-refractivity contribution in [3.05, 3.63) is 24.3 Å². The Kier molecular flexibility index (Phi) is 4.67. The molecule has 0 saturated heterocycles. The maximum Gasteiger partial charge on any atom is 0.242 e. The first kappa shape index (κ1) is 14.1. The summed E-state index contributed by atoms with van der Waals surface area (Å²) < 4.78 is 24.6. The van der Waals surface area contributed by atoms with Crippen LogP contribution in [0.25, 0.3) is 0 Å². The second-order valence-corrected chi connectivity index (χ2v) is 6.21. The highest BCUT2D eigenvalue weighted by molar-refractivity contribution is 9.09. The summed E-state index contributed by atoms with van der Waals surface area (Å²) in [5.41, 5.74) is 0.562. The number of amides is 1. The molecule has 0 bridgehead atoms. The largest absolute Gasteiger partial charge is 0.325 e. The van der Waals surface area contributed by atoms with Gasteiger partial charge in [-0.1, -0.05) is 15.9 Å². The van der Waals surface area contributed by atoms with Crippen LogP contribution in [0.15, 0.2) is 29.2 Å². The number of carbonyl (C=O) groups is 1. The Balaban J connectivity index is 2.93. The Morgan fingerprint density at radius 1 is 1.29 bits per heavy atom. The van der Waals surface area contributed by atoms with Gasteiger partial charge in [-0.25, -0.2) is 12.7 Å². The Hall–Kier alpha value is -0.920. The van der Waals surface area contributed by atoms with E-state index in [1.807, 2.05) is 0 Å². The number of alkyl halides is 1. The lowest BCUT2D eigenvalue weighted by Crippen LogP contribution is -2.22. The molecule has 0 fully saturated rings. The molecule has 1 rings (SSSR count). The molecule has 0 heterocycles. The second kappa shape index (κ2) is 5.61. The molecule has 1 aromatic carbocycles. The number of halogens is 1. The summed E-state index contributed by atoms with van der Waals surface area (Å²) in [7, 11) is -0.480. The number of anilines is 1. The zero-order chi connectivity index (χ0) is 13.1. The van der Waals surface area contributed by atoms with E-state index in [4.69, 9.17) is 0 Å². The lowest BCUT2D eigenvalue weighted by molar-refractivity contribution is -0.113. The van der Waals surface area contributed by atoms with Crippen LogP contribution in [0.5, 0.6) is 0 Å². The van der Waals surface area contributed by atoms with Crippen molar-refractivity contribution >= 4 is 37.5 Å². The predicted molar refractivity (Wildman–Crippen MR) is 69.7 cm³/mol. The first-order chi connectivity index (χ1) is 7.87. The van der Waals surface area contributed by atoms with Crippen LogP contribution in [0.2, 0.25) is 0 Å². The summed E-state index contributed by atoms with van der Waals surface area (Å²) >= 11 is 3.02. The lowest BCUT2D eigenvalue weighted by atomic mass is 10.3. The highest BCUT2D eigenvalue weighted by Crippen LogP contribution is 2.16. The molecule has 7 heteroatoms. The number of nitrogens with one attached hydrogen (secondary N) is 1. The molecule has 17 heavy (non-hydrogen) atoms. The SMILES string of the molecule is CN(C)S(=O)(=O)c1ccc(NC(=O)CBr)cc1. The summed E-state index contributed by atoms with van der Waals surface area (Å²) in [5, 5.41) is 2.80. The first-order valence-electron chi connectivity index (χ1n) is 4.76. The van der Waals surface area contributed by atoms with E-state index >= 15 is 0 Å². The monoisotopic (exact) mass is 320 g/mol. The van der Waals surface area contributed by atoms with Crippen LogP contribution in [0.1, 0.15) is 0 Å². The number of hydrogen-bond acceptors (Lipinski definition) is 3. The minimum atomic E-state index is -3.42. The highest BCUT2D eigenvalue weighted by atomic mass is 79.9. The highest BCUT2D eigenvalue weighted by Gasteiger charge is 2.16. The van der Waals surface area contributed by atoms with E-state index < -0.39 is 10.0 Å². The van der Waals surface area contributed by atoms with Crippen LogP contribution in [0, 0.1) is 0 Å². The summed E-state index contributed by atoms with van der Waals surface area (Å²) in [6.07, 6.45) is 0. The van der Waals surface area contributed by atoms with Gasteiger partial charge in [0.15, 0.2) is 0 Å². The maximum absolute atomic E-state index is 11.8. The van der Waals surface area contributed by atoms with Crippen molar-refractivity contribution < 1.29 is 13.2 Å². The number of carbonyl (C=O) groups excluding carboxylic acids is 1. The molecule has 0 radical (unpaired) electrons. The molecule has 0 aliphatic carbocycles. The van der Waals surface area contributed by atoms with Gasteiger partial charge in [0.1, 0.15) is 0 Å². The number of rotatable bonds is 4. The quantitative estimate of drug-likeness (QED) is 0.850. The average Bonchev–Trinajstić information content (AvgIpc) is 2.29. The van der Waals surface area contributed by atoms with Gasteiger partial charge in [0.2, 0.25) is 15.9 Å². The van der Waals surface area contributed by atoms with Gasteiger partial charge in [-0.05, 0) is 24.3 Å². The molecule has 0 aliphatic rings. The number of benzene rings is 1. The van der Waals surface area contributed by atoms with Crippen LogP contribution in [0.3, 0.4) is 0 Å². The number of sulfonamides is 1. The third-order valence-electron chi connectivity index (χ3n) is 2.04. The van der Waals surface area contributed by atoms with Crippen molar-refractivity contribution in [2.45, 2.75) is 4.90 Å². The van der Waals surface area contributed by atoms with Gasteiger partial charge in [0.05, 0.1) is 10.2 Å². The first-order valence-corrected chi connectivity index (χ1v) is 7.32. The van der Waals surface area contributed by atoms with Gasteiger partial charge < -0.3 is 5.32 Å². The lowest BCUT2D eigenvalue weighted by Gasteiger charge is -2.11. The fourth-order valence-corrected chi connectivity index (χ4v) is 2.16. The third-order valence-corrected chi connectivity index (χ3v) is 4.38. The van der Waals surface area contributed by atoms with Gasteiger partial charge in [-0.15, -0.1) is 0 Å². The van der Waals surface area contributed by atoms with Crippen molar-refractivity contribution in [2.75, 3.05) is 24.7 Å². The van der Waals surface area contributed by atoms with E-state index in [9.17, 15) is 13.2 Å². The summed E-state index contributed by atoms with van der Waals surface area (Å²) in [6.45, 7) is 0. The van der Waals surface area contributed by atoms with E-state index in [0.717, 1.165) is 4.31 Å². The smallest absolute Gasteiger partial charge is 0.242 e. The van der Waals surface area contributed by atoms with E-state index in [-0.39, 0.29) is 16.1 Å². The Labute approximate surface area is 109 Å². The van der Waals surface area contributed by atoms with Gasteiger partial charge in [-0.3, -0.25) is 4.79 Å². The van der Waals surface area contributed by atoms with Crippen LogP contribution < -0.4 is 5.32 Å². The van der Waals surface area contributed by atoms with Gasteiger partial charge in [-0.2, -0.15) is 0 Å². The van der Waals surface area contributed by atoms with Crippen molar-refractivity contribution in [1.82, 2.24) is 4.31 Å². The topological polar surface area (TPSA) is 66.5 Å². The zero-order valence-corrected chi connectivity index (χ0v) is 11.9. The Morgan fingerprint density at radius 3 is 2.24 bits per heavy atom. The third kappa shape index (κ3) is 3.52. The normalized spacial score (nSPS) is 11.5. The van der Waals surface area contributed by atoms with Crippen molar-refractivity contribution in [3.8, 4) is 0 Å². The molecule has 1 amide bonds. The van der Waals surface area contributed by atoms with E-state index in [0.29, 0.717) is 5.69 Å². The van der Waals surface area contributed by atoms with E-state index in [2.05, 4.69) is 21.2 Å². The molecule has 1 aromatic rings. The Morgan fingerprint density at radius 2 is 1.82 bits per heavy atom. The summed E-state index contributed by atoms with van der Waals surface area (Å²) in [6, 6.07) is 6.02. The molecular weight excluding hydrogens is 308 g/mol. The molecular formula is C10H13BrN2O3S. The Bertz CT molecular complexity index is 497. The second-order valence-electron chi connectivity index (χ2n) is 3.49. The van der Waals surface area contributed by atoms with Crippen LogP contribution in [-0.2, 0) is 14.8 Å². The van der Waals surface area contributed by atoms with Crippen LogP contribution in [0.4, 0.5) is 5.69 Å². The maximum atomic E-state index is 11.8. The number of nitrogens with zero attached hydrogens (tertiary/aromatic N) is 1. The standard InChI is InChI=1S/C10H13BrN2O3S/c1-13(2)17(15,16)9-5-3-8(4-6-9)12-10(14)7-11/h3-6H,7H2,1-2H3,(H,12,14). The fraction of sp³-hybridized carbons (Fsp3) is 0.300. The molecule has 0 spiro atoms. The van der Waals surface area contributed by atoms with Gasteiger partial charge in [0.25, 0.3) is 0 Å². The predicted octanol–water partition coefficient (Wildman–Crippen LogP) is 1.27. The molecule has 0 unspecified atom stereocenters. The molecule has 0 saturated carbocycles. The van der Waals surface area contributed by atoms with Gasteiger partial charge in [0, 0.05) is 19.8 Å². The molecule has 0 aromatic heterocycles. The molecule has 94 valence electrons. The molecule has 0 atom stereocenters. The summed E-state index contributed by atoms with van der Waals surface area (Å²) in [5.74, 6) is -0.187. The van der Waals surface area contributed by atoms with E-state index in [1.165, 1.54) is 26.2 Å². The van der Waals surface area contributed by atoms with Crippen LogP contribution >= 0.6 is 15.9 Å². The van der Waals surface area contributed by atoms with Crippen molar-refractivity contribution in [3.63, 3.8) is 0 Å². The minimum Gasteiger partial charge on any atom is -0.325 e. The van der Waals surface area contributed by atoms with E-state index in [1.54, 1.807) is 12.1 Å². The zero-order valence-electron chi connectivity index (χ0n) is 9.47. The average molecular weight is 321 g/mol. The minimum absolute atomic E-state index is 0.187. The molecule has 5 nitrogen and oxygen atoms in total. The van der Waals surface area contributed by atoms with Crippen molar-refractivity contribution in [2.24, 2.45) is 0 Å². The number of hydrogen-bond donors (Lipinski definition) is 1. The van der Waals surface area contributed by atoms with Crippen LogP contribution in [-0.4, -0.2) is 38.1 Å². The van der Waals surface area contributed by atoms with Crippen molar-refractivity contribution in [1.29, 1.82) is 0 Å². The summed E-state index contributed by atoms with van der Waals surface area (Å²) in [4.78, 5) is 11.3. The fourth-order valence-electron chi connectivity index (χ4n) is 1.12.